The molecule has 0 aromatic heterocycles. The fraction of sp³-hybridized carbons (Fsp3) is 0.750. The van der Waals surface area contributed by atoms with E-state index in [0.29, 0.717) is 12.0 Å². The van der Waals surface area contributed by atoms with Crippen LogP contribution in [0.1, 0.15) is 38.5 Å². The summed E-state index contributed by atoms with van der Waals surface area (Å²) in [4.78, 5) is 24.7. The number of methoxy groups -OCH3 is 1. The first kappa shape index (κ1) is 17.3. The van der Waals surface area contributed by atoms with Crippen LogP contribution < -0.4 is 5.32 Å². The predicted octanol–water partition coefficient (Wildman–Crippen LogP) is 1.77. The molecular formula is C16H24ClNO4. The molecule has 2 fully saturated rings. The van der Waals surface area contributed by atoms with Crippen molar-refractivity contribution >= 4 is 23.5 Å². The molecule has 0 aromatic rings. The van der Waals surface area contributed by atoms with Gasteiger partial charge in [-0.05, 0) is 30.8 Å². The molecule has 2 N–H and O–H groups in total. The van der Waals surface area contributed by atoms with Crippen molar-refractivity contribution < 1.29 is 19.4 Å². The molecule has 1 heterocycles. The van der Waals surface area contributed by atoms with Gasteiger partial charge in [0.05, 0.1) is 19.1 Å². The molecule has 0 bridgehead atoms. The van der Waals surface area contributed by atoms with Gasteiger partial charge in [0.25, 0.3) is 0 Å². The van der Waals surface area contributed by atoms with Gasteiger partial charge in [-0.15, -0.1) is 11.6 Å². The maximum absolute atomic E-state index is 12.4. The maximum atomic E-state index is 12.4. The van der Waals surface area contributed by atoms with Gasteiger partial charge >= 0.3 is 5.97 Å². The highest BCUT2D eigenvalue weighted by atomic mass is 35.5. The quantitative estimate of drug-likeness (QED) is 0.458. The number of carbonyl (C=O) groups is 2. The van der Waals surface area contributed by atoms with E-state index in [2.05, 4.69) is 11.9 Å². The van der Waals surface area contributed by atoms with Crippen LogP contribution in [0, 0.1) is 11.8 Å². The third kappa shape index (κ3) is 2.76. The van der Waals surface area contributed by atoms with Crippen molar-refractivity contribution in [3.63, 3.8) is 0 Å². The summed E-state index contributed by atoms with van der Waals surface area (Å²) in [5.74, 6) is -1.28. The molecule has 2 rings (SSSR count). The van der Waals surface area contributed by atoms with E-state index in [1.54, 1.807) is 0 Å². The van der Waals surface area contributed by atoms with Crippen molar-refractivity contribution in [2.45, 2.75) is 50.2 Å². The second-order valence-corrected chi connectivity index (χ2v) is 6.57. The van der Waals surface area contributed by atoms with E-state index in [1.807, 2.05) is 0 Å². The lowest BCUT2D eigenvalue weighted by atomic mass is 9.73. The van der Waals surface area contributed by atoms with Gasteiger partial charge in [0, 0.05) is 5.88 Å². The van der Waals surface area contributed by atoms with Crippen LogP contribution in [0.4, 0.5) is 0 Å². The Kier molecular flexibility index (Phi) is 5.50. The number of halogens is 1. The molecule has 1 amide bonds. The first-order chi connectivity index (χ1) is 10.5. The highest BCUT2D eigenvalue weighted by molar-refractivity contribution is 6.18. The Balaban J connectivity index is 2.34. The van der Waals surface area contributed by atoms with Gasteiger partial charge in [-0.25, -0.2) is 4.79 Å². The Bertz CT molecular complexity index is 461. The Morgan fingerprint density at radius 2 is 2.14 bits per heavy atom. The normalized spacial score (nSPS) is 31.0. The number of hydrogen-bond donors (Lipinski definition) is 2. The van der Waals surface area contributed by atoms with Crippen molar-refractivity contribution in [1.29, 1.82) is 0 Å². The molecule has 0 unspecified atom stereocenters. The number of carbonyl (C=O) groups excluding carboxylic acids is 2. The first-order valence-electron chi connectivity index (χ1n) is 7.82. The van der Waals surface area contributed by atoms with Gasteiger partial charge in [-0.1, -0.05) is 25.8 Å². The summed E-state index contributed by atoms with van der Waals surface area (Å²) in [6.07, 6.45) is 4.22. The smallest absolute Gasteiger partial charge is 0.338 e. The lowest BCUT2D eigenvalue weighted by Gasteiger charge is -2.38. The monoisotopic (exact) mass is 329 g/mol. The highest BCUT2D eigenvalue weighted by Crippen LogP contribution is 2.41. The number of hydrogen-bond acceptors (Lipinski definition) is 4. The molecule has 22 heavy (non-hydrogen) atoms. The SMILES string of the molecule is C=C1[C@@H](CCCl)C(=O)N[C@]1(C(=O)OC)[C@@H](O)C1CCCCC1. The molecule has 6 heteroatoms. The predicted molar refractivity (Wildman–Crippen MR) is 83.4 cm³/mol. The third-order valence-electron chi connectivity index (χ3n) is 5.01. The summed E-state index contributed by atoms with van der Waals surface area (Å²) in [5.41, 5.74) is -1.16. The zero-order valence-electron chi connectivity index (χ0n) is 12.9. The van der Waals surface area contributed by atoms with E-state index < -0.39 is 23.5 Å². The fourth-order valence-corrected chi connectivity index (χ4v) is 3.96. The Morgan fingerprint density at radius 1 is 1.50 bits per heavy atom. The van der Waals surface area contributed by atoms with Crippen molar-refractivity contribution in [3.8, 4) is 0 Å². The van der Waals surface area contributed by atoms with Crippen LogP contribution in [0.15, 0.2) is 12.2 Å². The van der Waals surface area contributed by atoms with E-state index in [9.17, 15) is 14.7 Å². The minimum Gasteiger partial charge on any atom is -0.467 e. The molecular weight excluding hydrogens is 306 g/mol. The van der Waals surface area contributed by atoms with Gasteiger partial charge in [0.1, 0.15) is 0 Å². The molecule has 124 valence electrons. The third-order valence-corrected chi connectivity index (χ3v) is 5.23. The summed E-state index contributed by atoms with van der Waals surface area (Å²) in [6, 6.07) is 0. The highest BCUT2D eigenvalue weighted by Gasteiger charge is 2.59. The number of amides is 1. The summed E-state index contributed by atoms with van der Waals surface area (Å²) in [5, 5.41) is 13.6. The Labute approximate surface area is 136 Å². The number of nitrogens with one attached hydrogen (secondary N) is 1. The number of aliphatic hydroxyl groups is 1. The number of alkyl halides is 1. The lowest BCUT2D eigenvalue weighted by Crippen LogP contribution is -2.61. The van der Waals surface area contributed by atoms with E-state index in [1.165, 1.54) is 7.11 Å². The van der Waals surface area contributed by atoms with Crippen molar-refractivity contribution in [1.82, 2.24) is 5.32 Å². The maximum Gasteiger partial charge on any atom is 0.338 e. The van der Waals surface area contributed by atoms with Gasteiger partial charge in [-0.2, -0.15) is 0 Å². The number of aliphatic hydroxyl groups excluding tert-OH is 1. The van der Waals surface area contributed by atoms with E-state index in [4.69, 9.17) is 16.3 Å². The zero-order valence-corrected chi connectivity index (χ0v) is 13.7. The van der Waals surface area contributed by atoms with E-state index >= 15 is 0 Å². The number of esters is 1. The lowest BCUT2D eigenvalue weighted by molar-refractivity contribution is -0.154. The van der Waals surface area contributed by atoms with Crippen LogP contribution in [0.5, 0.6) is 0 Å². The van der Waals surface area contributed by atoms with Crippen LogP contribution in [0.2, 0.25) is 0 Å². The Morgan fingerprint density at radius 3 is 2.68 bits per heavy atom. The summed E-state index contributed by atoms with van der Waals surface area (Å²) in [6.45, 7) is 3.94. The molecule has 1 aliphatic heterocycles. The molecule has 0 spiro atoms. The van der Waals surface area contributed by atoms with Crippen LogP contribution in [-0.2, 0) is 14.3 Å². The van der Waals surface area contributed by atoms with Gasteiger partial charge in [-0.3, -0.25) is 4.79 Å². The molecule has 3 atom stereocenters. The summed E-state index contributed by atoms with van der Waals surface area (Å²) in [7, 11) is 1.26. The molecule has 0 radical (unpaired) electrons. The van der Waals surface area contributed by atoms with Crippen LogP contribution in [0.3, 0.4) is 0 Å². The second kappa shape index (κ2) is 7.01. The van der Waals surface area contributed by atoms with Gasteiger partial charge in [0.2, 0.25) is 5.91 Å². The average Bonchev–Trinajstić information content (AvgIpc) is 2.80. The average molecular weight is 330 g/mol. The number of rotatable bonds is 5. The summed E-state index contributed by atoms with van der Waals surface area (Å²) >= 11 is 5.75. The van der Waals surface area contributed by atoms with Crippen LogP contribution in [-0.4, -0.2) is 41.6 Å². The van der Waals surface area contributed by atoms with Gasteiger partial charge < -0.3 is 15.2 Å². The Hall–Kier alpha value is -1.07. The molecule has 0 aromatic carbocycles. The summed E-state index contributed by atoms with van der Waals surface area (Å²) < 4.78 is 4.89. The fourth-order valence-electron chi connectivity index (χ4n) is 3.74. The minimum atomic E-state index is -1.54. The van der Waals surface area contributed by atoms with Crippen LogP contribution in [0.25, 0.3) is 0 Å². The molecule has 1 saturated carbocycles. The topological polar surface area (TPSA) is 75.6 Å². The minimum absolute atomic E-state index is 0.0420. The standard InChI is InChI=1S/C16H24ClNO4/c1-10-12(8-9-17)14(20)18-16(10,15(21)22-2)13(19)11-6-4-3-5-7-11/h11-13,19H,1,3-9H2,2H3,(H,18,20)/t12-,13+,16+/m1/s1. The van der Waals surface area contributed by atoms with E-state index in [-0.39, 0.29) is 17.7 Å². The van der Waals surface area contributed by atoms with E-state index in [0.717, 1.165) is 32.1 Å². The zero-order chi connectivity index (χ0) is 16.3. The van der Waals surface area contributed by atoms with Crippen molar-refractivity contribution in [2.75, 3.05) is 13.0 Å². The molecule has 1 aliphatic carbocycles. The van der Waals surface area contributed by atoms with Crippen LogP contribution >= 0.6 is 11.6 Å². The molecule has 5 nitrogen and oxygen atoms in total. The van der Waals surface area contributed by atoms with Gasteiger partial charge in [0.15, 0.2) is 5.54 Å². The first-order valence-corrected chi connectivity index (χ1v) is 8.36. The second-order valence-electron chi connectivity index (χ2n) is 6.19. The molecule has 2 aliphatic rings. The number of ether oxygens (including phenoxy) is 1. The van der Waals surface area contributed by atoms with Crippen molar-refractivity contribution in [2.24, 2.45) is 11.8 Å². The van der Waals surface area contributed by atoms with Crippen molar-refractivity contribution in [3.05, 3.63) is 12.2 Å². The molecule has 1 saturated heterocycles. The largest absolute Gasteiger partial charge is 0.467 e.